The fourth-order valence-corrected chi connectivity index (χ4v) is 3.73. The van der Waals surface area contributed by atoms with E-state index in [0.717, 1.165) is 16.9 Å². The molecular weight excluding hydrogens is 368 g/mol. The molecule has 0 aliphatic rings. The van der Waals surface area contributed by atoms with Crippen LogP contribution in [0.1, 0.15) is 36.6 Å². The summed E-state index contributed by atoms with van der Waals surface area (Å²) in [5.74, 6) is 0.0185. The van der Waals surface area contributed by atoms with E-state index in [1.807, 2.05) is 54.8 Å². The second-order valence-corrected chi connectivity index (χ2v) is 7.55. The molecule has 0 saturated heterocycles. The maximum Gasteiger partial charge on any atom is 0.152 e. The van der Waals surface area contributed by atoms with Gasteiger partial charge in [-0.05, 0) is 54.3 Å². The first kappa shape index (κ1) is 19.2. The van der Waals surface area contributed by atoms with Gasteiger partial charge in [-0.3, -0.25) is 0 Å². The van der Waals surface area contributed by atoms with Gasteiger partial charge in [-0.15, -0.1) is 0 Å². The van der Waals surface area contributed by atoms with Crippen LogP contribution in [0, 0.1) is 18.6 Å². The smallest absolute Gasteiger partial charge is 0.152 e. The third-order valence-electron chi connectivity index (χ3n) is 5.11. The number of benzene rings is 3. The average molecular weight is 391 g/mol. The predicted octanol–water partition coefficient (Wildman–Crippen LogP) is 6.92. The summed E-state index contributed by atoms with van der Waals surface area (Å²) >= 11 is 0. The molecule has 0 radical (unpaired) electrons. The van der Waals surface area contributed by atoms with Crippen molar-refractivity contribution >= 4 is 10.9 Å². The van der Waals surface area contributed by atoms with Crippen molar-refractivity contribution in [2.24, 2.45) is 0 Å². The minimum atomic E-state index is -0.329. The Labute approximate surface area is 169 Å². The molecule has 0 aliphatic heterocycles. The number of halogens is 2. The van der Waals surface area contributed by atoms with Crippen LogP contribution in [-0.2, 0) is 6.61 Å². The molecule has 0 N–H and O–H groups in total. The summed E-state index contributed by atoms with van der Waals surface area (Å²) in [4.78, 5) is 0. The van der Waals surface area contributed by atoms with Crippen molar-refractivity contribution in [3.8, 4) is 11.4 Å². The molecule has 4 heteroatoms. The molecule has 4 aromatic rings. The predicted molar refractivity (Wildman–Crippen MR) is 113 cm³/mol. The van der Waals surface area contributed by atoms with Gasteiger partial charge < -0.3 is 9.30 Å². The van der Waals surface area contributed by atoms with Crippen molar-refractivity contribution in [3.05, 3.63) is 95.2 Å². The van der Waals surface area contributed by atoms with Crippen molar-refractivity contribution in [2.45, 2.75) is 33.3 Å². The van der Waals surface area contributed by atoms with Crippen LogP contribution in [0.3, 0.4) is 0 Å². The van der Waals surface area contributed by atoms with E-state index in [-0.39, 0.29) is 17.6 Å². The fourth-order valence-electron chi connectivity index (χ4n) is 3.73. The minimum absolute atomic E-state index is 0.0675. The van der Waals surface area contributed by atoms with Gasteiger partial charge in [0.25, 0.3) is 0 Å². The highest BCUT2D eigenvalue weighted by atomic mass is 19.1. The molecule has 29 heavy (non-hydrogen) atoms. The highest BCUT2D eigenvalue weighted by Gasteiger charge is 2.24. The summed E-state index contributed by atoms with van der Waals surface area (Å²) in [6.07, 6.45) is 0. The SMILES string of the molecule is Cc1cc(-n2c(C(C)C)c(OCc3ccccc3)c3c(F)cccc32)ccc1F. The van der Waals surface area contributed by atoms with Gasteiger partial charge in [-0.25, -0.2) is 8.78 Å². The van der Waals surface area contributed by atoms with E-state index in [2.05, 4.69) is 0 Å². The third kappa shape index (κ3) is 3.51. The number of nitrogens with zero attached hydrogens (tertiary/aromatic N) is 1. The zero-order valence-electron chi connectivity index (χ0n) is 16.7. The number of aryl methyl sites for hydroxylation is 1. The van der Waals surface area contributed by atoms with Gasteiger partial charge in [0.15, 0.2) is 5.75 Å². The highest BCUT2D eigenvalue weighted by molar-refractivity contribution is 5.91. The van der Waals surface area contributed by atoms with Crippen LogP contribution in [0.4, 0.5) is 8.78 Å². The van der Waals surface area contributed by atoms with E-state index in [0.29, 0.717) is 28.8 Å². The lowest BCUT2D eigenvalue weighted by molar-refractivity contribution is 0.304. The molecule has 0 fully saturated rings. The second kappa shape index (κ2) is 7.70. The standard InChI is InChI=1S/C25H23F2NO/c1-16(2)24-25(29-15-18-8-5-4-6-9-18)23-21(27)10-7-11-22(23)28(24)19-12-13-20(26)17(3)14-19/h4-14,16H,15H2,1-3H3. The molecule has 0 atom stereocenters. The van der Waals surface area contributed by atoms with Gasteiger partial charge >= 0.3 is 0 Å². The van der Waals surface area contributed by atoms with Crippen LogP contribution >= 0.6 is 0 Å². The first-order chi connectivity index (χ1) is 14.0. The Morgan fingerprint density at radius 1 is 0.897 bits per heavy atom. The van der Waals surface area contributed by atoms with E-state index in [9.17, 15) is 8.78 Å². The Bertz CT molecular complexity index is 1160. The van der Waals surface area contributed by atoms with Crippen LogP contribution in [0.5, 0.6) is 5.75 Å². The topological polar surface area (TPSA) is 14.2 Å². The molecule has 0 aliphatic carbocycles. The summed E-state index contributed by atoms with van der Waals surface area (Å²) in [6, 6.07) is 19.8. The lowest BCUT2D eigenvalue weighted by Crippen LogP contribution is -2.05. The van der Waals surface area contributed by atoms with E-state index >= 15 is 0 Å². The Morgan fingerprint density at radius 3 is 2.34 bits per heavy atom. The van der Waals surface area contributed by atoms with E-state index < -0.39 is 0 Å². The number of hydrogen-bond donors (Lipinski definition) is 0. The first-order valence-electron chi connectivity index (χ1n) is 9.73. The van der Waals surface area contributed by atoms with E-state index in [1.165, 1.54) is 12.1 Å². The third-order valence-corrected chi connectivity index (χ3v) is 5.11. The maximum absolute atomic E-state index is 14.9. The average Bonchev–Trinajstić information content (AvgIpc) is 3.05. The summed E-state index contributed by atoms with van der Waals surface area (Å²) in [7, 11) is 0. The number of aromatic nitrogens is 1. The molecule has 1 heterocycles. The summed E-state index contributed by atoms with van der Waals surface area (Å²) in [5, 5.41) is 0.453. The number of fused-ring (bicyclic) bond motifs is 1. The Morgan fingerprint density at radius 2 is 1.66 bits per heavy atom. The highest BCUT2D eigenvalue weighted by Crippen LogP contribution is 2.41. The molecule has 0 unspecified atom stereocenters. The normalized spacial score (nSPS) is 11.4. The van der Waals surface area contributed by atoms with Crippen molar-refractivity contribution < 1.29 is 13.5 Å². The molecule has 4 rings (SSSR count). The number of ether oxygens (including phenoxy) is 1. The Balaban J connectivity index is 1.94. The van der Waals surface area contributed by atoms with Crippen LogP contribution in [0.15, 0.2) is 66.7 Å². The van der Waals surface area contributed by atoms with Crippen molar-refractivity contribution in [2.75, 3.05) is 0 Å². The summed E-state index contributed by atoms with van der Waals surface area (Å²) < 4.78 is 37.0. The van der Waals surface area contributed by atoms with E-state index in [1.54, 1.807) is 25.1 Å². The monoisotopic (exact) mass is 391 g/mol. The van der Waals surface area contributed by atoms with Gasteiger partial charge in [-0.1, -0.05) is 50.2 Å². The molecule has 3 aromatic carbocycles. The molecular formula is C25H23F2NO. The molecule has 0 amide bonds. The lowest BCUT2D eigenvalue weighted by atomic mass is 10.1. The van der Waals surface area contributed by atoms with Gasteiger partial charge in [0.1, 0.15) is 18.2 Å². The largest absolute Gasteiger partial charge is 0.486 e. The van der Waals surface area contributed by atoms with Crippen molar-refractivity contribution in [3.63, 3.8) is 0 Å². The number of rotatable bonds is 5. The molecule has 0 spiro atoms. The van der Waals surface area contributed by atoms with Gasteiger partial charge in [0.05, 0.1) is 16.6 Å². The van der Waals surface area contributed by atoms with Crippen molar-refractivity contribution in [1.29, 1.82) is 0 Å². The fraction of sp³-hybridized carbons (Fsp3) is 0.200. The maximum atomic E-state index is 14.9. The zero-order chi connectivity index (χ0) is 20.5. The molecule has 0 bridgehead atoms. The molecule has 1 aromatic heterocycles. The summed E-state index contributed by atoms with van der Waals surface area (Å²) in [6.45, 7) is 6.17. The Kier molecular flexibility index (Phi) is 5.10. The van der Waals surface area contributed by atoms with Crippen LogP contribution in [0.2, 0.25) is 0 Å². The first-order valence-corrected chi connectivity index (χ1v) is 9.73. The van der Waals surface area contributed by atoms with Crippen LogP contribution in [-0.4, -0.2) is 4.57 Å². The van der Waals surface area contributed by atoms with E-state index in [4.69, 9.17) is 4.74 Å². The quantitative estimate of drug-likeness (QED) is 0.360. The Hall–Kier alpha value is -3.14. The van der Waals surface area contributed by atoms with Gasteiger partial charge in [-0.2, -0.15) is 0 Å². The lowest BCUT2D eigenvalue weighted by Gasteiger charge is -2.16. The van der Waals surface area contributed by atoms with Crippen LogP contribution < -0.4 is 4.74 Å². The molecule has 0 saturated carbocycles. The van der Waals surface area contributed by atoms with Gasteiger partial charge in [0, 0.05) is 5.69 Å². The molecule has 148 valence electrons. The van der Waals surface area contributed by atoms with Gasteiger partial charge in [0.2, 0.25) is 0 Å². The second-order valence-electron chi connectivity index (χ2n) is 7.55. The van der Waals surface area contributed by atoms with Crippen LogP contribution in [0.25, 0.3) is 16.6 Å². The minimum Gasteiger partial charge on any atom is -0.486 e. The summed E-state index contributed by atoms with van der Waals surface area (Å²) in [5.41, 5.74) is 3.92. The number of hydrogen-bond acceptors (Lipinski definition) is 1. The zero-order valence-corrected chi connectivity index (χ0v) is 16.7. The molecule has 2 nitrogen and oxygen atoms in total. The van der Waals surface area contributed by atoms with Crippen molar-refractivity contribution in [1.82, 2.24) is 4.57 Å².